The molecule has 0 spiro atoms. The van der Waals surface area contributed by atoms with Crippen LogP contribution in [0.2, 0.25) is 0 Å². The number of nitrogen functional groups attached to an aromatic ring is 1. The average Bonchev–Trinajstić information content (AvgIpc) is 2.35. The van der Waals surface area contributed by atoms with Crippen molar-refractivity contribution in [3.05, 3.63) is 35.5 Å². The first kappa shape index (κ1) is 13.1. The second-order valence-corrected chi connectivity index (χ2v) is 3.57. The van der Waals surface area contributed by atoms with Crippen LogP contribution in [-0.2, 0) is 9.59 Å². The Morgan fingerprint density at radius 2 is 2.00 bits per heavy atom. The van der Waals surface area contributed by atoms with Crippen molar-refractivity contribution in [2.24, 2.45) is 0 Å². The Hall–Kier alpha value is -2.01. The molecule has 6 heteroatoms. The summed E-state index contributed by atoms with van der Waals surface area (Å²) in [5.41, 5.74) is 6.68. The van der Waals surface area contributed by atoms with Gasteiger partial charge in [-0.05, 0) is 24.3 Å². The average molecular weight is 254 g/mol. The number of likely N-dealkylation sites (N-methyl/N-ethyl adjacent to an activating group) is 1. The zero-order chi connectivity index (χ0) is 12.8. The highest BCUT2D eigenvalue weighted by Gasteiger charge is 2.08. The van der Waals surface area contributed by atoms with Crippen molar-refractivity contribution in [1.82, 2.24) is 5.32 Å². The molecule has 0 bridgehead atoms. The molecule has 1 rings (SSSR count). The molecule has 90 valence electrons. The van der Waals surface area contributed by atoms with E-state index in [9.17, 15) is 9.59 Å². The highest BCUT2D eigenvalue weighted by molar-refractivity contribution is 6.42. The second kappa shape index (κ2) is 5.91. The number of nitrogens with zero attached hydrogens (tertiary/aromatic N) is 1. The van der Waals surface area contributed by atoms with Gasteiger partial charge >= 0.3 is 0 Å². The lowest BCUT2D eigenvalue weighted by Gasteiger charge is -2.13. The van der Waals surface area contributed by atoms with Crippen LogP contribution in [0.3, 0.4) is 0 Å². The van der Waals surface area contributed by atoms with Crippen LogP contribution >= 0.6 is 11.6 Å². The van der Waals surface area contributed by atoms with E-state index in [0.717, 1.165) is 0 Å². The molecule has 0 unspecified atom stereocenters. The molecule has 0 aromatic heterocycles. The molecule has 2 amide bonds. The van der Waals surface area contributed by atoms with Gasteiger partial charge in [0.2, 0.25) is 6.41 Å². The minimum atomic E-state index is -0.464. The van der Waals surface area contributed by atoms with Crippen molar-refractivity contribution < 1.29 is 9.59 Å². The van der Waals surface area contributed by atoms with E-state index in [4.69, 9.17) is 17.3 Å². The number of carbonyl (C=O) groups is 2. The first-order valence-corrected chi connectivity index (χ1v) is 5.15. The molecule has 0 heterocycles. The monoisotopic (exact) mass is 253 g/mol. The van der Waals surface area contributed by atoms with E-state index in [1.165, 1.54) is 18.1 Å². The summed E-state index contributed by atoms with van der Waals surface area (Å²) < 4.78 is 0. The SMILES string of the molecule is CNC(=O)/C(Cl)=C\N(C=O)c1ccc(N)cc1. The van der Waals surface area contributed by atoms with Crippen molar-refractivity contribution in [3.8, 4) is 0 Å². The van der Waals surface area contributed by atoms with Crippen LogP contribution in [0, 0.1) is 0 Å². The van der Waals surface area contributed by atoms with Crippen LogP contribution in [0.25, 0.3) is 0 Å². The summed E-state index contributed by atoms with van der Waals surface area (Å²) in [5, 5.41) is 2.27. The van der Waals surface area contributed by atoms with Gasteiger partial charge in [0.05, 0.1) is 0 Å². The molecule has 3 N–H and O–H groups in total. The van der Waals surface area contributed by atoms with Gasteiger partial charge in [0, 0.05) is 24.6 Å². The van der Waals surface area contributed by atoms with Gasteiger partial charge in [-0.25, -0.2) is 0 Å². The molecule has 0 saturated carbocycles. The maximum atomic E-state index is 11.2. The molecule has 0 aliphatic carbocycles. The molecule has 0 atom stereocenters. The highest BCUT2D eigenvalue weighted by atomic mass is 35.5. The summed E-state index contributed by atoms with van der Waals surface area (Å²) in [6, 6.07) is 6.59. The largest absolute Gasteiger partial charge is 0.399 e. The fourth-order valence-corrected chi connectivity index (χ4v) is 1.31. The number of anilines is 2. The van der Waals surface area contributed by atoms with Gasteiger partial charge in [-0.3, -0.25) is 14.5 Å². The van der Waals surface area contributed by atoms with Crippen molar-refractivity contribution in [3.63, 3.8) is 0 Å². The topological polar surface area (TPSA) is 75.4 Å². The van der Waals surface area contributed by atoms with Gasteiger partial charge in [-0.2, -0.15) is 0 Å². The maximum Gasteiger partial charge on any atom is 0.264 e. The Bertz CT molecular complexity index is 443. The number of nitrogens with one attached hydrogen (secondary N) is 1. The normalized spacial score (nSPS) is 10.8. The van der Waals surface area contributed by atoms with Crippen LogP contribution in [0.5, 0.6) is 0 Å². The van der Waals surface area contributed by atoms with Crippen LogP contribution in [-0.4, -0.2) is 19.4 Å². The lowest BCUT2D eigenvalue weighted by molar-refractivity contribution is -0.116. The molecule has 5 nitrogen and oxygen atoms in total. The van der Waals surface area contributed by atoms with Gasteiger partial charge < -0.3 is 11.1 Å². The molecule has 0 aliphatic heterocycles. The number of hydrogen-bond acceptors (Lipinski definition) is 3. The maximum absolute atomic E-state index is 11.2. The smallest absolute Gasteiger partial charge is 0.264 e. The molecule has 0 aliphatic rings. The van der Waals surface area contributed by atoms with Crippen LogP contribution in [0.1, 0.15) is 0 Å². The summed E-state index contributed by atoms with van der Waals surface area (Å²) in [6.07, 6.45) is 1.79. The van der Waals surface area contributed by atoms with Crippen molar-refractivity contribution in [2.45, 2.75) is 0 Å². The summed E-state index contributed by atoms with van der Waals surface area (Å²) >= 11 is 5.71. The Labute approximate surface area is 104 Å². The van der Waals surface area contributed by atoms with E-state index in [2.05, 4.69) is 5.32 Å². The minimum Gasteiger partial charge on any atom is -0.399 e. The van der Waals surface area contributed by atoms with Crippen LogP contribution < -0.4 is 16.0 Å². The van der Waals surface area contributed by atoms with E-state index >= 15 is 0 Å². The van der Waals surface area contributed by atoms with Crippen molar-refractivity contribution in [2.75, 3.05) is 17.7 Å². The summed E-state index contributed by atoms with van der Waals surface area (Å²) in [6.45, 7) is 0. The van der Waals surface area contributed by atoms with E-state index < -0.39 is 5.91 Å². The molecule has 0 fully saturated rings. The third-order valence-electron chi connectivity index (χ3n) is 2.00. The molecular formula is C11H12ClN3O2. The highest BCUT2D eigenvalue weighted by Crippen LogP contribution is 2.17. The number of amides is 2. The Morgan fingerprint density at radius 3 is 2.47 bits per heavy atom. The molecule has 0 saturated heterocycles. The van der Waals surface area contributed by atoms with Gasteiger partial charge in [0.1, 0.15) is 5.03 Å². The predicted molar refractivity (Wildman–Crippen MR) is 67.4 cm³/mol. The minimum absolute atomic E-state index is 0.0866. The number of benzene rings is 1. The third-order valence-corrected chi connectivity index (χ3v) is 2.27. The van der Waals surface area contributed by atoms with Crippen molar-refractivity contribution in [1.29, 1.82) is 0 Å². The van der Waals surface area contributed by atoms with Crippen LogP contribution in [0.4, 0.5) is 11.4 Å². The summed E-state index contributed by atoms with van der Waals surface area (Å²) in [5.74, 6) is -0.464. The van der Waals surface area contributed by atoms with Gasteiger partial charge in [-0.1, -0.05) is 11.6 Å². The van der Waals surface area contributed by atoms with Crippen LogP contribution in [0.15, 0.2) is 35.5 Å². The molecule has 0 radical (unpaired) electrons. The molecule has 1 aromatic carbocycles. The molecule has 17 heavy (non-hydrogen) atoms. The van der Waals surface area contributed by atoms with E-state index in [1.54, 1.807) is 24.3 Å². The first-order valence-electron chi connectivity index (χ1n) is 4.77. The third kappa shape index (κ3) is 3.49. The summed E-state index contributed by atoms with van der Waals surface area (Å²) in [4.78, 5) is 23.3. The zero-order valence-corrected chi connectivity index (χ0v) is 9.94. The summed E-state index contributed by atoms with van der Waals surface area (Å²) in [7, 11) is 1.45. The zero-order valence-electron chi connectivity index (χ0n) is 9.18. The fraction of sp³-hybridized carbons (Fsp3) is 0.0909. The van der Waals surface area contributed by atoms with Crippen molar-refractivity contribution >= 4 is 35.3 Å². The second-order valence-electron chi connectivity index (χ2n) is 3.16. The number of hydrogen-bond donors (Lipinski definition) is 2. The lowest BCUT2D eigenvalue weighted by Crippen LogP contribution is -2.21. The molecule has 1 aromatic rings. The number of carbonyl (C=O) groups excluding carboxylic acids is 2. The number of halogens is 1. The lowest BCUT2D eigenvalue weighted by atomic mass is 10.3. The van der Waals surface area contributed by atoms with Gasteiger partial charge in [0.25, 0.3) is 5.91 Å². The number of rotatable bonds is 4. The number of nitrogens with two attached hydrogens (primary N) is 1. The van der Waals surface area contributed by atoms with E-state index in [-0.39, 0.29) is 5.03 Å². The van der Waals surface area contributed by atoms with Gasteiger partial charge in [0.15, 0.2) is 0 Å². The Balaban J connectivity index is 2.96. The quantitative estimate of drug-likeness (QED) is 0.479. The first-order chi connectivity index (χ1) is 8.08. The van der Waals surface area contributed by atoms with E-state index in [1.807, 2.05) is 0 Å². The fourth-order valence-electron chi connectivity index (χ4n) is 1.11. The Kier molecular flexibility index (Phi) is 4.54. The van der Waals surface area contributed by atoms with Gasteiger partial charge in [-0.15, -0.1) is 0 Å². The van der Waals surface area contributed by atoms with E-state index in [0.29, 0.717) is 17.8 Å². The Morgan fingerprint density at radius 1 is 1.41 bits per heavy atom. The standard InChI is InChI=1S/C11H12ClN3O2/c1-14-11(17)10(12)6-15(7-16)9-4-2-8(13)3-5-9/h2-7H,13H2,1H3,(H,14,17)/b10-6+. The molecular weight excluding hydrogens is 242 g/mol. The predicted octanol–water partition coefficient (Wildman–Crippen LogP) is 1.06.